The van der Waals surface area contributed by atoms with Crippen molar-refractivity contribution in [3.63, 3.8) is 0 Å². The van der Waals surface area contributed by atoms with Crippen LogP contribution in [-0.2, 0) is 5.92 Å². The van der Waals surface area contributed by atoms with Crippen LogP contribution in [0.15, 0.2) is 18.2 Å². The fraction of sp³-hybridized carbons (Fsp3) is 0.538. The van der Waals surface area contributed by atoms with Gasteiger partial charge in [-0.05, 0) is 37.1 Å². The van der Waals surface area contributed by atoms with Gasteiger partial charge in [-0.3, -0.25) is 0 Å². The van der Waals surface area contributed by atoms with Crippen LogP contribution in [0, 0.1) is 6.92 Å². The number of alkyl halides is 2. The van der Waals surface area contributed by atoms with E-state index < -0.39 is 5.92 Å². The predicted molar refractivity (Wildman–Crippen MR) is 63.1 cm³/mol. The molecular weight excluding hydrogens is 208 g/mol. The molecule has 3 heteroatoms. The fourth-order valence-corrected chi connectivity index (χ4v) is 1.71. The molecule has 0 radical (unpaired) electrons. The Labute approximate surface area is 95.9 Å². The third-order valence-corrected chi connectivity index (χ3v) is 2.72. The van der Waals surface area contributed by atoms with Crippen molar-refractivity contribution < 1.29 is 8.78 Å². The first-order valence-electron chi connectivity index (χ1n) is 5.52. The lowest BCUT2D eigenvalue weighted by atomic mass is 9.94. The molecule has 0 amide bonds. The first-order chi connectivity index (χ1) is 7.38. The van der Waals surface area contributed by atoms with Gasteiger partial charge < -0.3 is 5.32 Å². The smallest absolute Gasteiger partial charge is 0.285 e. The van der Waals surface area contributed by atoms with E-state index >= 15 is 0 Å². The largest absolute Gasteiger partial charge is 0.314 e. The van der Waals surface area contributed by atoms with Gasteiger partial charge in [0.1, 0.15) is 0 Å². The van der Waals surface area contributed by atoms with Gasteiger partial charge in [-0.1, -0.05) is 26.0 Å². The molecule has 0 aliphatic rings. The van der Waals surface area contributed by atoms with Crippen LogP contribution in [0.3, 0.4) is 0 Å². The molecule has 1 aromatic rings. The molecule has 0 bridgehead atoms. The lowest BCUT2D eigenvalue weighted by molar-refractivity contribution is -0.00194. The molecule has 0 aromatic heterocycles. The Bertz CT molecular complexity index is 359. The Morgan fingerprint density at radius 1 is 1.31 bits per heavy atom. The van der Waals surface area contributed by atoms with Gasteiger partial charge in [-0.15, -0.1) is 0 Å². The van der Waals surface area contributed by atoms with E-state index in [1.165, 1.54) is 7.05 Å². The summed E-state index contributed by atoms with van der Waals surface area (Å²) >= 11 is 0. The van der Waals surface area contributed by atoms with Gasteiger partial charge >= 0.3 is 0 Å². The van der Waals surface area contributed by atoms with Crippen molar-refractivity contribution in [2.24, 2.45) is 0 Å². The standard InChI is InChI=1S/C13H19F2N/c1-9(2)11-6-5-10(3)12(7-11)13(14,15)8-16-4/h5-7,9,16H,8H2,1-4H3. The minimum Gasteiger partial charge on any atom is -0.314 e. The van der Waals surface area contributed by atoms with Crippen molar-refractivity contribution in [3.05, 3.63) is 34.9 Å². The first kappa shape index (κ1) is 13.1. The molecule has 0 atom stereocenters. The monoisotopic (exact) mass is 227 g/mol. The van der Waals surface area contributed by atoms with E-state index in [2.05, 4.69) is 5.32 Å². The molecule has 1 nitrogen and oxygen atoms in total. The van der Waals surface area contributed by atoms with Gasteiger partial charge in [0.05, 0.1) is 6.54 Å². The molecule has 0 saturated heterocycles. The fourth-order valence-electron chi connectivity index (χ4n) is 1.71. The van der Waals surface area contributed by atoms with Crippen LogP contribution in [0.25, 0.3) is 0 Å². The highest BCUT2D eigenvalue weighted by Gasteiger charge is 2.32. The summed E-state index contributed by atoms with van der Waals surface area (Å²) in [6.07, 6.45) is 0. The number of halogens is 2. The molecule has 0 heterocycles. The number of hydrogen-bond acceptors (Lipinski definition) is 1. The SMILES string of the molecule is CNCC(F)(F)c1cc(C(C)C)ccc1C. The van der Waals surface area contributed by atoms with Gasteiger partial charge in [-0.2, -0.15) is 8.78 Å². The third-order valence-electron chi connectivity index (χ3n) is 2.72. The van der Waals surface area contributed by atoms with E-state index in [0.717, 1.165) is 5.56 Å². The van der Waals surface area contributed by atoms with E-state index in [1.54, 1.807) is 19.1 Å². The molecule has 1 N–H and O–H groups in total. The Kier molecular flexibility index (Phi) is 4.03. The summed E-state index contributed by atoms with van der Waals surface area (Å²) in [7, 11) is 1.54. The summed E-state index contributed by atoms with van der Waals surface area (Å²) in [5, 5.41) is 2.53. The Hall–Kier alpha value is -0.960. The van der Waals surface area contributed by atoms with Gasteiger partial charge in [0.15, 0.2) is 0 Å². The van der Waals surface area contributed by atoms with Gasteiger partial charge in [0, 0.05) is 5.56 Å². The number of nitrogens with one attached hydrogen (secondary N) is 1. The lowest BCUT2D eigenvalue weighted by Crippen LogP contribution is -2.29. The lowest BCUT2D eigenvalue weighted by Gasteiger charge is -2.20. The molecule has 0 spiro atoms. The second kappa shape index (κ2) is 4.91. The van der Waals surface area contributed by atoms with Crippen molar-refractivity contribution >= 4 is 0 Å². The summed E-state index contributed by atoms with van der Waals surface area (Å²) in [6, 6.07) is 5.31. The molecule has 1 aromatic carbocycles. The minimum absolute atomic E-state index is 0.132. The topological polar surface area (TPSA) is 12.0 Å². The van der Waals surface area contributed by atoms with Crippen molar-refractivity contribution in [1.29, 1.82) is 0 Å². The highest BCUT2D eigenvalue weighted by atomic mass is 19.3. The summed E-state index contributed by atoms with van der Waals surface area (Å²) in [4.78, 5) is 0. The van der Waals surface area contributed by atoms with Crippen LogP contribution in [0.2, 0.25) is 0 Å². The maximum Gasteiger partial charge on any atom is 0.285 e. The Morgan fingerprint density at radius 3 is 2.44 bits per heavy atom. The third kappa shape index (κ3) is 2.79. The van der Waals surface area contributed by atoms with Crippen LogP contribution < -0.4 is 5.32 Å². The van der Waals surface area contributed by atoms with Crippen molar-refractivity contribution in [2.45, 2.75) is 32.6 Å². The normalized spacial score (nSPS) is 12.2. The molecule has 0 aliphatic heterocycles. The Morgan fingerprint density at radius 2 is 1.94 bits per heavy atom. The average molecular weight is 227 g/mol. The maximum atomic E-state index is 13.8. The van der Waals surface area contributed by atoms with Crippen LogP contribution in [0.1, 0.15) is 36.5 Å². The van der Waals surface area contributed by atoms with Gasteiger partial charge in [0.2, 0.25) is 0 Å². The second-order valence-electron chi connectivity index (χ2n) is 4.46. The maximum absolute atomic E-state index is 13.8. The number of likely N-dealkylation sites (N-methyl/N-ethyl adjacent to an activating group) is 1. The highest BCUT2D eigenvalue weighted by molar-refractivity contribution is 5.35. The zero-order valence-electron chi connectivity index (χ0n) is 10.3. The van der Waals surface area contributed by atoms with Gasteiger partial charge in [0.25, 0.3) is 5.92 Å². The van der Waals surface area contributed by atoms with E-state index in [1.807, 2.05) is 19.9 Å². The van der Waals surface area contributed by atoms with Crippen molar-refractivity contribution in [2.75, 3.05) is 13.6 Å². The molecule has 90 valence electrons. The van der Waals surface area contributed by atoms with Crippen LogP contribution in [-0.4, -0.2) is 13.6 Å². The number of hydrogen-bond donors (Lipinski definition) is 1. The number of aryl methyl sites for hydroxylation is 1. The number of benzene rings is 1. The molecule has 0 unspecified atom stereocenters. The summed E-state index contributed by atoms with van der Waals surface area (Å²) in [6.45, 7) is 5.41. The zero-order valence-corrected chi connectivity index (χ0v) is 10.3. The highest BCUT2D eigenvalue weighted by Crippen LogP contribution is 2.32. The van der Waals surface area contributed by atoms with Crippen LogP contribution >= 0.6 is 0 Å². The van der Waals surface area contributed by atoms with Gasteiger partial charge in [-0.25, -0.2) is 0 Å². The molecule has 0 fully saturated rings. The Balaban J connectivity index is 3.16. The number of rotatable bonds is 4. The molecule has 0 aliphatic carbocycles. The summed E-state index contributed by atoms with van der Waals surface area (Å²) in [5.74, 6) is -2.53. The predicted octanol–water partition coefficient (Wildman–Crippen LogP) is 3.43. The zero-order chi connectivity index (χ0) is 12.3. The average Bonchev–Trinajstić information content (AvgIpc) is 2.17. The van der Waals surface area contributed by atoms with E-state index in [0.29, 0.717) is 5.56 Å². The molecular formula is C13H19F2N. The minimum atomic E-state index is -2.80. The van der Waals surface area contributed by atoms with Crippen LogP contribution in [0.5, 0.6) is 0 Å². The van der Waals surface area contributed by atoms with Crippen molar-refractivity contribution in [1.82, 2.24) is 5.32 Å². The van der Waals surface area contributed by atoms with E-state index in [-0.39, 0.29) is 18.0 Å². The molecule has 0 saturated carbocycles. The summed E-state index contributed by atoms with van der Waals surface area (Å²) < 4.78 is 27.6. The van der Waals surface area contributed by atoms with Crippen LogP contribution in [0.4, 0.5) is 8.78 Å². The van der Waals surface area contributed by atoms with Crippen molar-refractivity contribution in [3.8, 4) is 0 Å². The summed E-state index contributed by atoms with van der Waals surface area (Å²) in [5.41, 5.74) is 1.73. The first-order valence-corrected chi connectivity index (χ1v) is 5.52. The molecule has 1 rings (SSSR count). The second-order valence-corrected chi connectivity index (χ2v) is 4.46. The van der Waals surface area contributed by atoms with E-state index in [9.17, 15) is 8.78 Å². The quantitative estimate of drug-likeness (QED) is 0.831. The molecule has 16 heavy (non-hydrogen) atoms. The van der Waals surface area contributed by atoms with E-state index in [4.69, 9.17) is 0 Å².